The number of benzene rings is 2. The number of rotatable bonds is 5. The highest BCUT2D eigenvalue weighted by molar-refractivity contribution is 6.07. The van der Waals surface area contributed by atoms with Crippen LogP contribution in [-0.2, 0) is 16.0 Å². The Kier molecular flexibility index (Phi) is 5.85. The normalized spacial score (nSPS) is 20.3. The van der Waals surface area contributed by atoms with Gasteiger partial charge in [-0.25, -0.2) is 0 Å². The van der Waals surface area contributed by atoms with Crippen LogP contribution in [0.25, 0.3) is 0 Å². The van der Waals surface area contributed by atoms with Crippen LogP contribution in [0.1, 0.15) is 57.1 Å². The maximum Gasteiger partial charge on any atom is 0.232 e. The van der Waals surface area contributed by atoms with Gasteiger partial charge in [-0.05, 0) is 53.6 Å². The molecule has 0 aromatic heterocycles. The molecule has 0 N–H and O–H groups in total. The third kappa shape index (κ3) is 3.92. The third-order valence-electron chi connectivity index (χ3n) is 6.56. The molecule has 1 atom stereocenters. The number of nitrogens with zero attached hydrogens (tertiary/aromatic N) is 1. The van der Waals surface area contributed by atoms with E-state index < -0.39 is 0 Å². The number of hydrogen-bond donors (Lipinski definition) is 0. The molecule has 0 saturated carbocycles. The summed E-state index contributed by atoms with van der Waals surface area (Å²) < 4.78 is 10.9. The molecule has 0 fully saturated rings. The third-order valence-corrected chi connectivity index (χ3v) is 6.56. The van der Waals surface area contributed by atoms with Gasteiger partial charge in [-0.3, -0.25) is 14.5 Å². The van der Waals surface area contributed by atoms with E-state index in [-0.39, 0.29) is 29.4 Å². The average molecular weight is 434 g/mol. The van der Waals surface area contributed by atoms with Gasteiger partial charge in [-0.15, -0.1) is 0 Å². The van der Waals surface area contributed by atoms with Crippen LogP contribution in [0.2, 0.25) is 0 Å². The molecule has 1 heterocycles. The summed E-state index contributed by atoms with van der Waals surface area (Å²) in [7, 11) is 3.19. The molecule has 1 aliphatic heterocycles. The molecule has 5 nitrogen and oxygen atoms in total. The molecular weight excluding hydrogens is 402 g/mol. The van der Waals surface area contributed by atoms with Crippen molar-refractivity contribution in [1.82, 2.24) is 0 Å². The van der Waals surface area contributed by atoms with Gasteiger partial charge < -0.3 is 9.47 Å². The minimum atomic E-state index is -0.285. The SMILES string of the molecule is CCc1ccc(N2C(=O)CC(c3ccc(OC)c(OC)c3)C3=C2CC(C)(C)CC3=O)cc1. The summed E-state index contributed by atoms with van der Waals surface area (Å²) in [4.78, 5) is 28.7. The Bertz CT molecular complexity index is 1080. The van der Waals surface area contributed by atoms with Gasteiger partial charge in [0, 0.05) is 35.7 Å². The highest BCUT2D eigenvalue weighted by Gasteiger charge is 2.44. The van der Waals surface area contributed by atoms with Crippen molar-refractivity contribution in [2.75, 3.05) is 19.1 Å². The van der Waals surface area contributed by atoms with Crippen molar-refractivity contribution in [3.05, 3.63) is 64.9 Å². The van der Waals surface area contributed by atoms with Gasteiger partial charge in [0.25, 0.3) is 0 Å². The van der Waals surface area contributed by atoms with Gasteiger partial charge in [0.15, 0.2) is 17.3 Å². The van der Waals surface area contributed by atoms with Crippen molar-refractivity contribution < 1.29 is 19.1 Å². The van der Waals surface area contributed by atoms with Crippen LogP contribution in [0.15, 0.2) is 53.7 Å². The Morgan fingerprint density at radius 2 is 1.66 bits per heavy atom. The first kappa shape index (κ1) is 22.1. The van der Waals surface area contributed by atoms with Crippen molar-refractivity contribution in [1.29, 1.82) is 0 Å². The van der Waals surface area contributed by atoms with E-state index in [1.54, 1.807) is 19.1 Å². The smallest absolute Gasteiger partial charge is 0.232 e. The summed E-state index contributed by atoms with van der Waals surface area (Å²) in [5.41, 5.74) is 4.35. The van der Waals surface area contributed by atoms with Crippen LogP contribution in [0.4, 0.5) is 5.69 Å². The van der Waals surface area contributed by atoms with Crippen LogP contribution in [0.5, 0.6) is 11.5 Å². The first-order valence-electron chi connectivity index (χ1n) is 11.2. The average Bonchev–Trinajstić information content (AvgIpc) is 2.77. The fraction of sp³-hybridized carbons (Fsp3) is 0.407. The molecule has 1 unspecified atom stereocenters. The number of carbonyl (C=O) groups excluding carboxylic acids is 2. The maximum atomic E-state index is 13.5. The van der Waals surface area contributed by atoms with Crippen LogP contribution in [0.3, 0.4) is 0 Å². The Hall–Kier alpha value is -3.08. The molecule has 2 aromatic carbocycles. The molecule has 0 bridgehead atoms. The number of ketones is 1. The number of hydrogen-bond acceptors (Lipinski definition) is 4. The molecule has 1 amide bonds. The highest BCUT2D eigenvalue weighted by atomic mass is 16.5. The maximum absolute atomic E-state index is 13.5. The second-order valence-corrected chi connectivity index (χ2v) is 9.42. The summed E-state index contributed by atoms with van der Waals surface area (Å²) in [5, 5.41) is 0. The quantitative estimate of drug-likeness (QED) is 0.631. The predicted octanol–water partition coefficient (Wildman–Crippen LogP) is 5.43. The van der Waals surface area contributed by atoms with E-state index >= 15 is 0 Å². The van der Waals surface area contributed by atoms with Gasteiger partial charge in [0.05, 0.1) is 14.2 Å². The molecule has 168 valence electrons. The Labute approximate surface area is 190 Å². The second-order valence-electron chi connectivity index (χ2n) is 9.42. The van der Waals surface area contributed by atoms with Crippen molar-refractivity contribution >= 4 is 17.4 Å². The summed E-state index contributed by atoms with van der Waals surface area (Å²) in [5.74, 6) is 1.08. The van der Waals surface area contributed by atoms with Crippen LogP contribution in [0, 0.1) is 5.41 Å². The van der Waals surface area contributed by atoms with E-state index in [4.69, 9.17) is 9.47 Å². The minimum absolute atomic E-state index is 0.0123. The zero-order valence-corrected chi connectivity index (χ0v) is 19.5. The van der Waals surface area contributed by atoms with E-state index in [0.717, 1.165) is 28.9 Å². The van der Waals surface area contributed by atoms with Crippen molar-refractivity contribution in [2.24, 2.45) is 5.41 Å². The van der Waals surface area contributed by atoms with E-state index in [2.05, 4.69) is 32.9 Å². The number of anilines is 1. The summed E-state index contributed by atoms with van der Waals surface area (Å²) in [6.45, 7) is 6.30. The Morgan fingerprint density at radius 1 is 0.969 bits per heavy atom. The van der Waals surface area contributed by atoms with E-state index in [1.807, 2.05) is 30.3 Å². The van der Waals surface area contributed by atoms with Crippen LogP contribution >= 0.6 is 0 Å². The van der Waals surface area contributed by atoms with Crippen LogP contribution in [-0.4, -0.2) is 25.9 Å². The molecule has 0 saturated heterocycles. The van der Waals surface area contributed by atoms with Crippen molar-refractivity contribution in [3.8, 4) is 11.5 Å². The van der Waals surface area contributed by atoms with E-state index in [9.17, 15) is 9.59 Å². The zero-order valence-electron chi connectivity index (χ0n) is 19.5. The van der Waals surface area contributed by atoms with Gasteiger partial charge in [-0.1, -0.05) is 39.0 Å². The topological polar surface area (TPSA) is 55.8 Å². The lowest BCUT2D eigenvalue weighted by Gasteiger charge is -2.43. The molecule has 32 heavy (non-hydrogen) atoms. The molecule has 2 aliphatic rings. The molecule has 4 rings (SSSR count). The first-order valence-corrected chi connectivity index (χ1v) is 11.2. The number of Topliss-reactive ketones (excluding diaryl/α,β-unsaturated/α-hetero) is 1. The Balaban J connectivity index is 1.86. The van der Waals surface area contributed by atoms with Crippen molar-refractivity contribution in [3.63, 3.8) is 0 Å². The number of methoxy groups -OCH3 is 2. The lowest BCUT2D eigenvalue weighted by atomic mass is 9.69. The van der Waals surface area contributed by atoms with Crippen LogP contribution < -0.4 is 14.4 Å². The largest absolute Gasteiger partial charge is 0.493 e. The molecule has 0 radical (unpaired) electrons. The first-order chi connectivity index (χ1) is 15.3. The lowest BCUT2D eigenvalue weighted by Crippen LogP contribution is -2.43. The number of allylic oxidation sites excluding steroid dienone is 2. The number of ether oxygens (including phenoxy) is 2. The fourth-order valence-corrected chi connectivity index (χ4v) is 4.95. The van der Waals surface area contributed by atoms with E-state index in [1.165, 1.54) is 5.56 Å². The second kappa shape index (κ2) is 8.45. The zero-order chi connectivity index (χ0) is 23.0. The number of carbonyl (C=O) groups is 2. The molecular formula is C27H31NO4. The van der Waals surface area contributed by atoms with Gasteiger partial charge >= 0.3 is 0 Å². The monoisotopic (exact) mass is 433 g/mol. The van der Waals surface area contributed by atoms with Gasteiger partial charge in [-0.2, -0.15) is 0 Å². The van der Waals surface area contributed by atoms with E-state index in [0.29, 0.717) is 24.3 Å². The van der Waals surface area contributed by atoms with Gasteiger partial charge in [0.2, 0.25) is 5.91 Å². The fourth-order valence-electron chi connectivity index (χ4n) is 4.95. The standard InChI is InChI=1S/C27H31NO4/c1-6-17-7-10-19(11-8-17)28-21-15-27(2,3)16-22(29)26(21)20(14-25(28)30)18-9-12-23(31-4)24(13-18)32-5/h7-13,20H,6,14-16H2,1-5H3. The molecule has 5 heteroatoms. The Morgan fingerprint density at radius 3 is 2.28 bits per heavy atom. The lowest BCUT2D eigenvalue weighted by molar-refractivity contribution is -0.121. The summed E-state index contributed by atoms with van der Waals surface area (Å²) in [6.07, 6.45) is 2.34. The molecule has 2 aromatic rings. The predicted molar refractivity (Wildman–Crippen MR) is 125 cm³/mol. The molecule has 1 aliphatic carbocycles. The summed E-state index contributed by atoms with van der Waals surface area (Å²) >= 11 is 0. The highest BCUT2D eigenvalue weighted by Crippen LogP contribution is 2.48. The van der Waals surface area contributed by atoms with Crippen molar-refractivity contribution in [2.45, 2.75) is 52.4 Å². The molecule has 0 spiro atoms. The number of aryl methyl sites for hydroxylation is 1. The minimum Gasteiger partial charge on any atom is -0.493 e. The number of amides is 1. The van der Waals surface area contributed by atoms with Gasteiger partial charge in [0.1, 0.15) is 0 Å². The summed E-state index contributed by atoms with van der Waals surface area (Å²) in [6, 6.07) is 13.8.